The summed E-state index contributed by atoms with van der Waals surface area (Å²) in [4.78, 5) is 15.0. The van der Waals surface area contributed by atoms with E-state index in [4.69, 9.17) is 5.73 Å². The normalized spacial score (nSPS) is 11.0. The number of carbonyl (C=O) groups is 1. The summed E-state index contributed by atoms with van der Waals surface area (Å²) in [6, 6.07) is 14.6. The lowest BCUT2D eigenvalue weighted by Crippen LogP contribution is -2.17. The molecule has 0 fully saturated rings. The van der Waals surface area contributed by atoms with E-state index >= 15 is 0 Å². The second kappa shape index (κ2) is 5.50. The summed E-state index contributed by atoms with van der Waals surface area (Å²) in [5.74, 6) is -0.272. The lowest BCUT2D eigenvalue weighted by Gasteiger charge is -1.99. The zero-order chi connectivity index (χ0) is 14.7. The van der Waals surface area contributed by atoms with Crippen LogP contribution in [0.25, 0.3) is 10.9 Å². The van der Waals surface area contributed by atoms with Crippen LogP contribution in [0.3, 0.4) is 0 Å². The molecular weight excluding hydrogens is 264 g/mol. The highest BCUT2D eigenvalue weighted by Gasteiger charge is 2.03. The number of anilines is 1. The topological polar surface area (TPSA) is 83.3 Å². The Balaban J connectivity index is 1.72. The first-order chi connectivity index (χ1) is 10.2. The molecule has 5 nitrogen and oxygen atoms in total. The number of fused-ring (bicyclic) bond motifs is 1. The highest BCUT2D eigenvalue weighted by Crippen LogP contribution is 2.15. The zero-order valence-electron chi connectivity index (χ0n) is 11.2. The van der Waals surface area contributed by atoms with Gasteiger partial charge >= 0.3 is 0 Å². The number of nitrogens with one attached hydrogen (secondary N) is 2. The number of benzene rings is 2. The van der Waals surface area contributed by atoms with Crippen LogP contribution >= 0.6 is 0 Å². The number of nitrogen functional groups attached to an aromatic ring is 1. The number of aromatic nitrogens is 1. The molecule has 1 amide bonds. The molecule has 0 atom stereocenters. The molecule has 5 heteroatoms. The second-order valence-corrected chi connectivity index (χ2v) is 4.61. The molecule has 0 saturated carbocycles. The quantitative estimate of drug-likeness (QED) is 0.391. The molecule has 2 aromatic carbocycles. The van der Waals surface area contributed by atoms with Crippen LogP contribution in [0.15, 0.2) is 59.8 Å². The van der Waals surface area contributed by atoms with E-state index in [0.29, 0.717) is 11.3 Å². The van der Waals surface area contributed by atoms with Gasteiger partial charge in [-0.2, -0.15) is 5.10 Å². The van der Waals surface area contributed by atoms with Crippen molar-refractivity contribution in [3.05, 3.63) is 65.9 Å². The van der Waals surface area contributed by atoms with Crippen molar-refractivity contribution in [2.45, 2.75) is 0 Å². The van der Waals surface area contributed by atoms with Crippen LogP contribution in [0.2, 0.25) is 0 Å². The van der Waals surface area contributed by atoms with Crippen molar-refractivity contribution in [3.63, 3.8) is 0 Å². The van der Waals surface area contributed by atoms with Crippen molar-refractivity contribution in [1.29, 1.82) is 0 Å². The predicted molar refractivity (Wildman–Crippen MR) is 84.2 cm³/mol. The second-order valence-electron chi connectivity index (χ2n) is 4.61. The largest absolute Gasteiger partial charge is 0.399 e. The van der Waals surface area contributed by atoms with Crippen molar-refractivity contribution in [2.24, 2.45) is 5.10 Å². The molecule has 0 aliphatic carbocycles. The molecule has 0 radical (unpaired) electrons. The Morgan fingerprint density at radius 2 is 1.90 bits per heavy atom. The fourth-order valence-corrected chi connectivity index (χ4v) is 2.06. The summed E-state index contributed by atoms with van der Waals surface area (Å²) in [5.41, 5.74) is 11.2. The van der Waals surface area contributed by atoms with Gasteiger partial charge in [0.15, 0.2) is 0 Å². The summed E-state index contributed by atoms with van der Waals surface area (Å²) in [5, 5.41) is 5.05. The minimum atomic E-state index is -0.272. The van der Waals surface area contributed by atoms with Crippen LogP contribution in [0, 0.1) is 0 Å². The fourth-order valence-electron chi connectivity index (χ4n) is 2.06. The number of H-pyrrole nitrogens is 1. The average molecular weight is 278 g/mol. The Labute approximate surface area is 121 Å². The van der Waals surface area contributed by atoms with Crippen molar-refractivity contribution in [3.8, 4) is 0 Å². The molecule has 3 rings (SSSR count). The molecule has 3 aromatic rings. The monoisotopic (exact) mass is 278 g/mol. The van der Waals surface area contributed by atoms with Crippen LogP contribution in [0.4, 0.5) is 5.69 Å². The van der Waals surface area contributed by atoms with Gasteiger partial charge in [0.2, 0.25) is 0 Å². The first-order valence-corrected chi connectivity index (χ1v) is 6.49. The number of aromatic amines is 1. The van der Waals surface area contributed by atoms with E-state index < -0.39 is 0 Å². The van der Waals surface area contributed by atoms with Gasteiger partial charge in [0.05, 0.1) is 6.21 Å². The number of rotatable bonds is 3. The molecule has 0 spiro atoms. The number of para-hydroxylation sites is 1. The third-order valence-corrected chi connectivity index (χ3v) is 3.16. The molecule has 0 aliphatic heterocycles. The molecule has 4 N–H and O–H groups in total. The van der Waals surface area contributed by atoms with Crippen LogP contribution in [-0.4, -0.2) is 17.1 Å². The van der Waals surface area contributed by atoms with Gasteiger partial charge < -0.3 is 10.7 Å². The molecule has 0 aliphatic rings. The summed E-state index contributed by atoms with van der Waals surface area (Å²) in [7, 11) is 0. The summed E-state index contributed by atoms with van der Waals surface area (Å²) in [6.45, 7) is 0. The maximum atomic E-state index is 11.9. The third kappa shape index (κ3) is 2.76. The van der Waals surface area contributed by atoms with Crippen molar-refractivity contribution in [1.82, 2.24) is 10.4 Å². The van der Waals surface area contributed by atoms with Gasteiger partial charge in [-0.15, -0.1) is 0 Å². The smallest absolute Gasteiger partial charge is 0.271 e. The van der Waals surface area contributed by atoms with Gasteiger partial charge in [0, 0.05) is 33.9 Å². The number of hydrazone groups is 1. The third-order valence-electron chi connectivity index (χ3n) is 3.16. The van der Waals surface area contributed by atoms with E-state index in [-0.39, 0.29) is 5.91 Å². The standard InChI is InChI=1S/C16H14N4O/c17-13-7-5-11(6-8-13)16(21)20-19-10-12-9-18-15-4-2-1-3-14(12)15/h1-10,18H,17H2,(H,20,21)/b19-10+. The Kier molecular flexibility index (Phi) is 3.39. The number of nitrogens with zero attached hydrogens (tertiary/aromatic N) is 1. The molecule has 0 bridgehead atoms. The highest BCUT2D eigenvalue weighted by molar-refractivity contribution is 6.00. The van der Waals surface area contributed by atoms with Crippen LogP contribution in [0.5, 0.6) is 0 Å². The van der Waals surface area contributed by atoms with Gasteiger partial charge in [0.25, 0.3) is 5.91 Å². The van der Waals surface area contributed by atoms with Crippen molar-refractivity contribution < 1.29 is 4.79 Å². The number of carbonyl (C=O) groups excluding carboxylic acids is 1. The number of amides is 1. The minimum Gasteiger partial charge on any atom is -0.399 e. The maximum Gasteiger partial charge on any atom is 0.271 e. The fraction of sp³-hybridized carbons (Fsp3) is 0. The Bertz CT molecular complexity index is 803. The van der Waals surface area contributed by atoms with Crippen molar-refractivity contribution >= 4 is 28.7 Å². The molecule has 0 saturated heterocycles. The van der Waals surface area contributed by atoms with Gasteiger partial charge in [0.1, 0.15) is 0 Å². The van der Waals surface area contributed by atoms with E-state index in [1.165, 1.54) is 0 Å². The SMILES string of the molecule is Nc1ccc(C(=O)N/N=C/c2c[nH]c3ccccc23)cc1. The van der Waals surface area contributed by atoms with Gasteiger partial charge in [-0.25, -0.2) is 5.43 Å². The number of hydrogen-bond donors (Lipinski definition) is 3. The van der Waals surface area contributed by atoms with Crippen LogP contribution in [-0.2, 0) is 0 Å². The van der Waals surface area contributed by atoms with Crippen LogP contribution in [0.1, 0.15) is 15.9 Å². The minimum absolute atomic E-state index is 0.272. The van der Waals surface area contributed by atoms with Crippen LogP contribution < -0.4 is 11.2 Å². The van der Waals surface area contributed by atoms with Crippen molar-refractivity contribution in [2.75, 3.05) is 5.73 Å². The lowest BCUT2D eigenvalue weighted by atomic mass is 10.2. The Hall–Kier alpha value is -3.08. The molecule has 104 valence electrons. The first kappa shape index (κ1) is 12.9. The maximum absolute atomic E-state index is 11.9. The lowest BCUT2D eigenvalue weighted by molar-refractivity contribution is 0.0955. The van der Waals surface area contributed by atoms with E-state index in [9.17, 15) is 4.79 Å². The van der Waals surface area contributed by atoms with E-state index in [2.05, 4.69) is 15.5 Å². The number of hydrogen-bond acceptors (Lipinski definition) is 3. The summed E-state index contributed by atoms with van der Waals surface area (Å²) in [6.07, 6.45) is 3.47. The van der Waals surface area contributed by atoms with Gasteiger partial charge in [-0.3, -0.25) is 4.79 Å². The van der Waals surface area contributed by atoms with Gasteiger partial charge in [-0.1, -0.05) is 18.2 Å². The Morgan fingerprint density at radius 3 is 2.71 bits per heavy atom. The van der Waals surface area contributed by atoms with E-state index in [1.807, 2.05) is 30.5 Å². The molecule has 0 unspecified atom stereocenters. The van der Waals surface area contributed by atoms with Gasteiger partial charge in [-0.05, 0) is 30.3 Å². The summed E-state index contributed by atoms with van der Waals surface area (Å²) >= 11 is 0. The zero-order valence-corrected chi connectivity index (χ0v) is 11.2. The van der Waals surface area contributed by atoms with E-state index in [1.54, 1.807) is 30.5 Å². The summed E-state index contributed by atoms with van der Waals surface area (Å²) < 4.78 is 0. The molecule has 1 heterocycles. The molecule has 1 aromatic heterocycles. The van der Waals surface area contributed by atoms with E-state index in [0.717, 1.165) is 16.5 Å². The molecule has 21 heavy (non-hydrogen) atoms. The number of nitrogens with two attached hydrogens (primary N) is 1. The first-order valence-electron chi connectivity index (χ1n) is 6.49. The Morgan fingerprint density at radius 1 is 1.14 bits per heavy atom. The molecular formula is C16H14N4O. The average Bonchev–Trinajstić information content (AvgIpc) is 2.91. The highest BCUT2D eigenvalue weighted by atomic mass is 16.2. The predicted octanol–water partition coefficient (Wildman–Crippen LogP) is 2.51.